The second-order valence-corrected chi connectivity index (χ2v) is 4.94. The van der Waals surface area contributed by atoms with Crippen molar-refractivity contribution in [3.05, 3.63) is 35.1 Å². The van der Waals surface area contributed by atoms with Crippen molar-refractivity contribution in [2.75, 3.05) is 5.33 Å². The van der Waals surface area contributed by atoms with Crippen LogP contribution in [-0.4, -0.2) is 17.3 Å². The van der Waals surface area contributed by atoms with Crippen molar-refractivity contribution in [2.24, 2.45) is 0 Å². The van der Waals surface area contributed by atoms with E-state index in [0.717, 1.165) is 18.2 Å². The molecule has 1 rings (SSSR count). The first-order valence-corrected chi connectivity index (χ1v) is 6.80. The number of alkyl halides is 1. The highest BCUT2D eigenvalue weighted by Gasteiger charge is 2.14. The summed E-state index contributed by atoms with van der Waals surface area (Å²) in [6.07, 6.45) is 1.86. The Hall–Kier alpha value is -0.900. The first-order chi connectivity index (χ1) is 8.06. The van der Waals surface area contributed by atoms with Crippen molar-refractivity contribution >= 4 is 21.8 Å². The second-order valence-electron chi connectivity index (χ2n) is 4.14. The molecule has 1 atom stereocenters. The molecular weight excluding hydrogens is 285 g/mol. The normalized spacial score (nSPS) is 12.2. The van der Waals surface area contributed by atoms with E-state index in [1.807, 2.05) is 6.92 Å². The van der Waals surface area contributed by atoms with Crippen LogP contribution in [0.2, 0.25) is 0 Å². The molecule has 1 aromatic rings. The van der Waals surface area contributed by atoms with Crippen molar-refractivity contribution < 1.29 is 9.18 Å². The number of nitrogens with one attached hydrogen (secondary N) is 1. The van der Waals surface area contributed by atoms with Gasteiger partial charge in [0.25, 0.3) is 5.91 Å². The minimum absolute atomic E-state index is 0.0555. The Morgan fingerprint density at radius 3 is 2.88 bits per heavy atom. The smallest absolute Gasteiger partial charge is 0.254 e. The third kappa shape index (κ3) is 4.11. The minimum atomic E-state index is -0.433. The molecule has 0 aromatic heterocycles. The number of hydrogen-bond acceptors (Lipinski definition) is 1. The SMILES string of the molecule is Cc1cccc(C(=O)NC(C)CCCBr)c1F. The maximum absolute atomic E-state index is 13.7. The van der Waals surface area contributed by atoms with E-state index in [1.54, 1.807) is 19.1 Å². The van der Waals surface area contributed by atoms with E-state index in [-0.39, 0.29) is 17.5 Å². The van der Waals surface area contributed by atoms with Gasteiger partial charge < -0.3 is 5.32 Å². The number of benzene rings is 1. The number of carbonyl (C=O) groups is 1. The van der Waals surface area contributed by atoms with E-state index in [1.165, 1.54) is 6.07 Å². The van der Waals surface area contributed by atoms with Gasteiger partial charge >= 0.3 is 0 Å². The molecule has 94 valence electrons. The van der Waals surface area contributed by atoms with Crippen molar-refractivity contribution in [1.82, 2.24) is 5.32 Å². The molecule has 0 bridgehead atoms. The molecule has 1 N–H and O–H groups in total. The topological polar surface area (TPSA) is 29.1 Å². The Balaban J connectivity index is 2.67. The van der Waals surface area contributed by atoms with Crippen LogP contribution in [0.3, 0.4) is 0 Å². The highest BCUT2D eigenvalue weighted by Crippen LogP contribution is 2.12. The molecule has 2 nitrogen and oxygen atoms in total. The lowest BCUT2D eigenvalue weighted by molar-refractivity contribution is 0.0934. The first kappa shape index (κ1) is 14.2. The summed E-state index contributed by atoms with van der Waals surface area (Å²) in [6, 6.07) is 4.91. The third-order valence-electron chi connectivity index (χ3n) is 2.58. The van der Waals surface area contributed by atoms with Crippen LogP contribution in [0.4, 0.5) is 4.39 Å². The van der Waals surface area contributed by atoms with E-state index in [9.17, 15) is 9.18 Å². The van der Waals surface area contributed by atoms with Crippen molar-refractivity contribution in [2.45, 2.75) is 32.7 Å². The highest BCUT2D eigenvalue weighted by molar-refractivity contribution is 9.09. The molecule has 1 unspecified atom stereocenters. The summed E-state index contributed by atoms with van der Waals surface area (Å²) in [6.45, 7) is 3.58. The van der Waals surface area contributed by atoms with Gasteiger partial charge in [0.05, 0.1) is 5.56 Å². The van der Waals surface area contributed by atoms with E-state index >= 15 is 0 Å². The quantitative estimate of drug-likeness (QED) is 0.830. The van der Waals surface area contributed by atoms with Gasteiger partial charge in [-0.2, -0.15) is 0 Å². The molecule has 0 radical (unpaired) electrons. The van der Waals surface area contributed by atoms with Crippen LogP contribution >= 0.6 is 15.9 Å². The van der Waals surface area contributed by atoms with Gasteiger partial charge in [-0.15, -0.1) is 0 Å². The molecule has 0 heterocycles. The van der Waals surface area contributed by atoms with Gasteiger partial charge in [0.1, 0.15) is 5.82 Å². The lowest BCUT2D eigenvalue weighted by Crippen LogP contribution is -2.33. The lowest BCUT2D eigenvalue weighted by Gasteiger charge is -2.13. The summed E-state index contributed by atoms with van der Waals surface area (Å²) in [5.41, 5.74) is 0.612. The van der Waals surface area contributed by atoms with Crippen LogP contribution in [0.1, 0.15) is 35.7 Å². The van der Waals surface area contributed by atoms with Crippen LogP contribution in [0, 0.1) is 12.7 Å². The summed E-state index contributed by atoms with van der Waals surface area (Å²) in [5.74, 6) is -0.772. The van der Waals surface area contributed by atoms with Gasteiger partial charge in [-0.3, -0.25) is 4.79 Å². The predicted molar refractivity (Wildman–Crippen MR) is 71.1 cm³/mol. The average Bonchev–Trinajstić information content (AvgIpc) is 2.29. The maximum atomic E-state index is 13.7. The molecule has 0 spiro atoms. The largest absolute Gasteiger partial charge is 0.349 e. The molecule has 4 heteroatoms. The highest BCUT2D eigenvalue weighted by atomic mass is 79.9. The minimum Gasteiger partial charge on any atom is -0.349 e. The number of carbonyl (C=O) groups excluding carboxylic acids is 1. The number of halogens is 2. The molecule has 17 heavy (non-hydrogen) atoms. The van der Waals surface area contributed by atoms with E-state index < -0.39 is 5.82 Å². The molecule has 0 aliphatic carbocycles. The fourth-order valence-corrected chi connectivity index (χ4v) is 1.90. The van der Waals surface area contributed by atoms with Gasteiger partial charge in [-0.1, -0.05) is 28.1 Å². The van der Waals surface area contributed by atoms with Crippen LogP contribution < -0.4 is 5.32 Å². The van der Waals surface area contributed by atoms with Gasteiger partial charge in [0.2, 0.25) is 0 Å². The van der Waals surface area contributed by atoms with Crippen LogP contribution in [0.25, 0.3) is 0 Å². The Morgan fingerprint density at radius 1 is 1.53 bits per heavy atom. The summed E-state index contributed by atoms with van der Waals surface area (Å²) in [7, 11) is 0. The van der Waals surface area contributed by atoms with E-state index in [2.05, 4.69) is 21.2 Å². The second kappa shape index (κ2) is 6.74. The Bertz CT molecular complexity index is 395. The summed E-state index contributed by atoms with van der Waals surface area (Å²) < 4.78 is 13.7. The van der Waals surface area contributed by atoms with E-state index in [4.69, 9.17) is 0 Å². The lowest BCUT2D eigenvalue weighted by atomic mass is 10.1. The van der Waals surface area contributed by atoms with Gasteiger partial charge in [0.15, 0.2) is 0 Å². The maximum Gasteiger partial charge on any atom is 0.254 e. The fourth-order valence-electron chi connectivity index (χ4n) is 1.58. The summed E-state index contributed by atoms with van der Waals surface area (Å²) in [5, 5.41) is 3.71. The fraction of sp³-hybridized carbons (Fsp3) is 0.462. The zero-order valence-electron chi connectivity index (χ0n) is 10.1. The molecular formula is C13H17BrFNO. The van der Waals surface area contributed by atoms with Crippen molar-refractivity contribution in [3.8, 4) is 0 Å². The zero-order valence-corrected chi connectivity index (χ0v) is 11.7. The molecule has 1 amide bonds. The van der Waals surface area contributed by atoms with Gasteiger partial charge in [-0.05, 0) is 38.3 Å². The van der Waals surface area contributed by atoms with Crippen molar-refractivity contribution in [1.29, 1.82) is 0 Å². The molecule has 0 aliphatic rings. The number of hydrogen-bond donors (Lipinski definition) is 1. The number of rotatable bonds is 5. The first-order valence-electron chi connectivity index (χ1n) is 5.68. The molecule has 0 aliphatic heterocycles. The van der Waals surface area contributed by atoms with Crippen LogP contribution in [0.5, 0.6) is 0 Å². The number of aryl methyl sites for hydroxylation is 1. The van der Waals surface area contributed by atoms with Crippen LogP contribution in [0.15, 0.2) is 18.2 Å². The molecule has 1 aromatic carbocycles. The molecule has 0 saturated carbocycles. The van der Waals surface area contributed by atoms with E-state index in [0.29, 0.717) is 5.56 Å². The standard InChI is InChI=1S/C13H17BrFNO/c1-9-5-3-7-11(12(9)15)13(17)16-10(2)6-4-8-14/h3,5,7,10H,4,6,8H2,1-2H3,(H,16,17). The Kier molecular flexibility index (Phi) is 5.62. The molecule has 0 saturated heterocycles. The van der Waals surface area contributed by atoms with Crippen molar-refractivity contribution in [3.63, 3.8) is 0 Å². The number of amides is 1. The summed E-state index contributed by atoms with van der Waals surface area (Å²) in [4.78, 5) is 11.8. The van der Waals surface area contributed by atoms with Gasteiger partial charge in [-0.25, -0.2) is 4.39 Å². The van der Waals surface area contributed by atoms with Crippen LogP contribution in [-0.2, 0) is 0 Å². The monoisotopic (exact) mass is 301 g/mol. The van der Waals surface area contributed by atoms with Gasteiger partial charge in [0, 0.05) is 11.4 Å². The Morgan fingerprint density at radius 2 is 2.24 bits per heavy atom. The average molecular weight is 302 g/mol. The Labute approximate surface area is 110 Å². The third-order valence-corrected chi connectivity index (χ3v) is 3.15. The molecule has 0 fully saturated rings. The predicted octanol–water partition coefficient (Wildman–Crippen LogP) is 3.43. The summed E-state index contributed by atoms with van der Waals surface area (Å²) >= 11 is 3.34. The zero-order chi connectivity index (χ0) is 12.8.